The first-order chi connectivity index (χ1) is 11.7. The van der Waals surface area contributed by atoms with Crippen LogP contribution in [0.25, 0.3) is 16.8 Å². The summed E-state index contributed by atoms with van der Waals surface area (Å²) in [5.41, 5.74) is 3.52. The first-order valence-electron chi connectivity index (χ1n) is 8.53. The van der Waals surface area contributed by atoms with Crippen molar-refractivity contribution in [2.45, 2.75) is 37.8 Å². The molecular formula is C20H20N2O2. The van der Waals surface area contributed by atoms with Gasteiger partial charge >= 0.3 is 0 Å². The zero-order valence-electron chi connectivity index (χ0n) is 13.5. The molecule has 2 aromatic carbocycles. The van der Waals surface area contributed by atoms with Gasteiger partial charge in [-0.25, -0.2) is 0 Å². The molecule has 0 saturated heterocycles. The lowest BCUT2D eigenvalue weighted by Gasteiger charge is -2.44. The van der Waals surface area contributed by atoms with E-state index in [1.54, 1.807) is 0 Å². The lowest BCUT2D eigenvalue weighted by Crippen LogP contribution is -2.49. The molecule has 0 radical (unpaired) electrons. The Morgan fingerprint density at radius 1 is 0.875 bits per heavy atom. The van der Waals surface area contributed by atoms with Gasteiger partial charge in [-0.2, -0.15) is 0 Å². The van der Waals surface area contributed by atoms with E-state index >= 15 is 0 Å². The van der Waals surface area contributed by atoms with Crippen molar-refractivity contribution in [2.24, 2.45) is 0 Å². The molecule has 2 aliphatic rings. The third-order valence-corrected chi connectivity index (χ3v) is 5.10. The molecule has 1 aliphatic carbocycles. The summed E-state index contributed by atoms with van der Waals surface area (Å²) in [5, 5.41) is 13.8. The molecule has 1 heterocycles. The second-order valence-electron chi connectivity index (χ2n) is 6.56. The van der Waals surface area contributed by atoms with Crippen molar-refractivity contribution >= 4 is 5.70 Å². The van der Waals surface area contributed by atoms with Crippen LogP contribution in [-0.2, 0) is 0 Å². The van der Waals surface area contributed by atoms with E-state index in [9.17, 15) is 10.1 Å². The van der Waals surface area contributed by atoms with E-state index < -0.39 is 0 Å². The van der Waals surface area contributed by atoms with Gasteiger partial charge in [-0.15, -0.1) is 0 Å². The molecule has 0 unspecified atom stereocenters. The van der Waals surface area contributed by atoms with Crippen LogP contribution in [0.1, 0.15) is 31.2 Å². The summed E-state index contributed by atoms with van der Waals surface area (Å²) in [7, 11) is 0. The lowest BCUT2D eigenvalue weighted by atomic mass is 9.88. The van der Waals surface area contributed by atoms with Gasteiger partial charge in [0.2, 0.25) is 12.2 Å². The summed E-state index contributed by atoms with van der Waals surface area (Å²) in [6.45, 7) is 0. The number of hydrogen-bond donors (Lipinski definition) is 0. The fourth-order valence-electron chi connectivity index (χ4n) is 3.78. The Kier molecular flexibility index (Phi) is 3.90. The summed E-state index contributed by atoms with van der Waals surface area (Å²) < 4.78 is 0.999. The SMILES string of the molecule is O=[N+]1C=C(c2ccc(-c3ccccc3)cc2)N([O-])[C@@H]2CCCC[C@@H]21. The highest BCUT2D eigenvalue weighted by Gasteiger charge is 2.41. The molecule has 0 spiro atoms. The minimum atomic E-state index is -0.218. The molecule has 122 valence electrons. The van der Waals surface area contributed by atoms with Crippen LogP contribution in [0.2, 0.25) is 0 Å². The highest BCUT2D eigenvalue weighted by atomic mass is 16.5. The number of nitroso groups, excluding NO2 is 1. The van der Waals surface area contributed by atoms with Crippen molar-refractivity contribution in [2.75, 3.05) is 0 Å². The Morgan fingerprint density at radius 2 is 1.50 bits per heavy atom. The van der Waals surface area contributed by atoms with Crippen molar-refractivity contribution < 1.29 is 4.76 Å². The average Bonchev–Trinajstić information content (AvgIpc) is 2.66. The van der Waals surface area contributed by atoms with Gasteiger partial charge in [-0.1, -0.05) is 61.0 Å². The lowest BCUT2D eigenvalue weighted by molar-refractivity contribution is -0.536. The summed E-state index contributed by atoms with van der Waals surface area (Å²) in [6, 6.07) is 17.6. The van der Waals surface area contributed by atoms with E-state index in [4.69, 9.17) is 0 Å². The summed E-state index contributed by atoms with van der Waals surface area (Å²) >= 11 is 0. The number of hydroxylamine groups is 2. The number of hydrogen-bond acceptors (Lipinski definition) is 3. The van der Waals surface area contributed by atoms with Gasteiger partial charge < -0.3 is 10.3 Å². The maximum atomic E-state index is 12.7. The molecule has 1 fully saturated rings. The second kappa shape index (κ2) is 6.21. The molecule has 0 N–H and O–H groups in total. The van der Waals surface area contributed by atoms with Crippen molar-refractivity contribution in [1.82, 2.24) is 5.06 Å². The van der Waals surface area contributed by atoms with Gasteiger partial charge in [0, 0.05) is 21.7 Å². The van der Waals surface area contributed by atoms with E-state index in [2.05, 4.69) is 12.1 Å². The predicted octanol–water partition coefficient (Wildman–Crippen LogP) is 4.56. The molecule has 2 atom stereocenters. The largest absolute Gasteiger partial charge is 0.758 e. The van der Waals surface area contributed by atoms with E-state index in [0.29, 0.717) is 5.70 Å². The third-order valence-electron chi connectivity index (χ3n) is 5.10. The van der Waals surface area contributed by atoms with E-state index in [-0.39, 0.29) is 12.1 Å². The molecule has 4 heteroatoms. The van der Waals surface area contributed by atoms with E-state index in [1.807, 2.05) is 42.5 Å². The Hall–Kier alpha value is -2.46. The quantitative estimate of drug-likeness (QED) is 0.762. The Labute approximate surface area is 141 Å². The van der Waals surface area contributed by atoms with Crippen LogP contribution >= 0.6 is 0 Å². The molecular weight excluding hydrogens is 300 g/mol. The molecule has 0 bridgehead atoms. The normalized spacial score (nSPS) is 23.6. The van der Waals surface area contributed by atoms with Crippen LogP contribution in [0, 0.1) is 10.1 Å². The molecule has 0 amide bonds. The fraction of sp³-hybridized carbons (Fsp3) is 0.300. The highest BCUT2D eigenvalue weighted by Crippen LogP contribution is 2.35. The Bertz CT molecular complexity index is 768. The van der Waals surface area contributed by atoms with Gasteiger partial charge in [-0.05, 0) is 24.0 Å². The molecule has 0 aromatic heterocycles. The van der Waals surface area contributed by atoms with E-state index in [0.717, 1.165) is 52.2 Å². The maximum Gasteiger partial charge on any atom is 0.244 e. The van der Waals surface area contributed by atoms with E-state index in [1.165, 1.54) is 6.20 Å². The monoisotopic (exact) mass is 320 g/mol. The first-order valence-corrected chi connectivity index (χ1v) is 8.53. The number of benzene rings is 2. The Morgan fingerprint density at radius 3 is 2.25 bits per heavy atom. The van der Waals surface area contributed by atoms with Gasteiger partial charge in [0.1, 0.15) is 5.70 Å². The number of rotatable bonds is 2. The van der Waals surface area contributed by atoms with Crippen LogP contribution in [0.5, 0.6) is 0 Å². The van der Waals surface area contributed by atoms with Gasteiger partial charge in [0.05, 0.1) is 6.04 Å². The molecule has 4 nitrogen and oxygen atoms in total. The number of nitrogens with zero attached hydrogens (tertiary/aromatic N) is 2. The topological polar surface area (TPSA) is 46.4 Å². The molecule has 2 aromatic rings. The summed E-state index contributed by atoms with van der Waals surface area (Å²) in [6.07, 6.45) is 5.13. The average molecular weight is 320 g/mol. The molecule has 1 saturated carbocycles. The first kappa shape index (κ1) is 15.1. The summed E-state index contributed by atoms with van der Waals surface area (Å²) in [4.78, 5) is 12.3. The maximum absolute atomic E-state index is 12.7. The molecule has 4 rings (SSSR count). The zero-order chi connectivity index (χ0) is 16.5. The molecule has 24 heavy (non-hydrogen) atoms. The van der Waals surface area contributed by atoms with Crippen LogP contribution in [0.4, 0.5) is 0 Å². The van der Waals surface area contributed by atoms with Gasteiger partial charge in [-0.3, -0.25) is 0 Å². The standard InChI is InChI=1S/C20H20N2O2/c23-21-14-20(22(24)19-9-5-4-8-18(19)21)17-12-10-16(11-13-17)15-6-2-1-3-7-15/h1-3,6-7,10-14,18-19H,4-5,8-9H2/t18-,19+/m0/s1. The minimum Gasteiger partial charge on any atom is -0.758 e. The van der Waals surface area contributed by atoms with Crippen molar-refractivity contribution in [1.29, 1.82) is 0 Å². The fourth-order valence-corrected chi connectivity index (χ4v) is 3.78. The van der Waals surface area contributed by atoms with Crippen LogP contribution in [0.15, 0.2) is 60.8 Å². The van der Waals surface area contributed by atoms with Crippen molar-refractivity contribution in [3.8, 4) is 11.1 Å². The van der Waals surface area contributed by atoms with Gasteiger partial charge in [0.25, 0.3) is 0 Å². The molecule has 1 aliphatic heterocycles. The third kappa shape index (κ3) is 2.63. The smallest absolute Gasteiger partial charge is 0.244 e. The zero-order valence-corrected chi connectivity index (χ0v) is 13.5. The second-order valence-corrected chi connectivity index (χ2v) is 6.56. The van der Waals surface area contributed by atoms with Crippen LogP contribution < -0.4 is 0 Å². The highest BCUT2D eigenvalue weighted by molar-refractivity contribution is 5.69. The Balaban J connectivity index is 1.64. The van der Waals surface area contributed by atoms with Crippen LogP contribution in [-0.4, -0.2) is 21.9 Å². The van der Waals surface area contributed by atoms with Crippen molar-refractivity contribution in [3.05, 3.63) is 76.5 Å². The minimum absolute atomic E-state index is 0.191. The van der Waals surface area contributed by atoms with Gasteiger partial charge in [0.15, 0.2) is 0 Å². The number of fused-ring (bicyclic) bond motifs is 1. The van der Waals surface area contributed by atoms with Crippen molar-refractivity contribution in [3.63, 3.8) is 0 Å². The predicted molar refractivity (Wildman–Crippen MR) is 94.7 cm³/mol. The van der Waals surface area contributed by atoms with Crippen LogP contribution in [0.3, 0.4) is 0 Å². The summed E-state index contributed by atoms with van der Waals surface area (Å²) in [5.74, 6) is 0.